The summed E-state index contributed by atoms with van der Waals surface area (Å²) >= 11 is 0. The van der Waals surface area contributed by atoms with Gasteiger partial charge < -0.3 is 14.9 Å². The van der Waals surface area contributed by atoms with E-state index < -0.39 is 27.8 Å². The number of carbonyl (C=O) groups is 1. The van der Waals surface area contributed by atoms with Gasteiger partial charge in [-0.25, -0.2) is 8.42 Å². The highest BCUT2D eigenvalue weighted by molar-refractivity contribution is 7.89. The van der Waals surface area contributed by atoms with E-state index in [9.17, 15) is 23.4 Å². The third kappa shape index (κ3) is 5.55. The van der Waals surface area contributed by atoms with E-state index in [0.717, 1.165) is 31.3 Å². The Hall–Kier alpha value is -2.06. The van der Waals surface area contributed by atoms with Gasteiger partial charge in [0.2, 0.25) is 10.0 Å². The van der Waals surface area contributed by atoms with Crippen LogP contribution >= 0.6 is 0 Å². The molecule has 0 heterocycles. The molecule has 1 aromatic rings. The highest BCUT2D eigenvalue weighted by atomic mass is 32.2. The molecule has 0 radical (unpaired) electrons. The van der Waals surface area contributed by atoms with E-state index in [2.05, 4.69) is 9.46 Å². The van der Waals surface area contributed by atoms with Crippen LogP contribution in [0.1, 0.15) is 76.3 Å². The van der Waals surface area contributed by atoms with Gasteiger partial charge in [-0.15, -0.1) is 0 Å². The van der Waals surface area contributed by atoms with Crippen LogP contribution in [0.25, 0.3) is 0 Å². The zero-order valence-electron chi connectivity index (χ0n) is 18.2. The quantitative estimate of drug-likeness (QED) is 0.306. The molecular weight excluding hydrogens is 406 g/mol. The average Bonchev–Trinajstić information content (AvgIpc) is 2.66. The number of carbonyl (C=O) groups excluding carboxylic acids is 1. The highest BCUT2D eigenvalue weighted by Crippen LogP contribution is 2.45. The van der Waals surface area contributed by atoms with Crippen LogP contribution < -0.4 is 4.72 Å². The Morgan fingerprint density at radius 2 is 2.03 bits per heavy atom. The first kappa shape index (κ1) is 24.2. The van der Waals surface area contributed by atoms with Crippen LogP contribution in [0.2, 0.25) is 0 Å². The minimum atomic E-state index is -4.24. The van der Waals surface area contributed by atoms with Gasteiger partial charge in [0.15, 0.2) is 0 Å². The lowest BCUT2D eigenvalue weighted by Gasteiger charge is -2.24. The molecule has 1 aromatic carbocycles. The number of allylic oxidation sites excluding steroid dienone is 2. The predicted molar refractivity (Wildman–Crippen MR) is 115 cm³/mol. The number of aromatic hydroxyl groups is 2. The normalized spacial score (nSPS) is 18.0. The monoisotopic (exact) mass is 439 g/mol. The summed E-state index contributed by atoms with van der Waals surface area (Å²) in [5, 5.41) is 21.8. The second-order valence-electron chi connectivity index (χ2n) is 7.98. The van der Waals surface area contributed by atoms with E-state index in [-0.39, 0.29) is 22.1 Å². The minimum Gasteiger partial charge on any atom is -0.507 e. The van der Waals surface area contributed by atoms with E-state index in [0.29, 0.717) is 24.8 Å². The number of sulfonamides is 1. The van der Waals surface area contributed by atoms with Gasteiger partial charge >= 0.3 is 5.97 Å². The average molecular weight is 440 g/mol. The number of nitrogens with one attached hydrogen (secondary N) is 1. The van der Waals surface area contributed by atoms with E-state index in [1.807, 2.05) is 19.9 Å². The number of phenolic OH excluding ortho intramolecular Hbond substituents is 2. The molecule has 3 N–H and O–H groups in total. The van der Waals surface area contributed by atoms with E-state index in [1.165, 1.54) is 20.1 Å². The molecule has 168 valence electrons. The Morgan fingerprint density at radius 1 is 1.33 bits per heavy atom. The Kier molecular flexibility index (Phi) is 8.32. The SMILES string of the molecule is CCCCCc1cc(O)c(C2C=C(C)CCC2)c(O)c1S(=O)(=O)N[C@@H](C)C(=O)OC. The lowest BCUT2D eigenvalue weighted by molar-refractivity contribution is -0.142. The van der Waals surface area contributed by atoms with Gasteiger partial charge in [0.05, 0.1) is 7.11 Å². The molecule has 0 aromatic heterocycles. The van der Waals surface area contributed by atoms with Crippen LogP contribution in [-0.2, 0) is 26.0 Å². The molecule has 1 unspecified atom stereocenters. The molecule has 1 aliphatic carbocycles. The van der Waals surface area contributed by atoms with Crippen molar-refractivity contribution in [3.63, 3.8) is 0 Å². The molecule has 8 heteroatoms. The summed E-state index contributed by atoms with van der Waals surface area (Å²) in [6.45, 7) is 5.40. The molecule has 7 nitrogen and oxygen atoms in total. The number of esters is 1. The number of hydrogen-bond donors (Lipinski definition) is 3. The highest BCUT2D eigenvalue weighted by Gasteiger charge is 2.32. The number of methoxy groups -OCH3 is 1. The molecule has 2 rings (SSSR count). The van der Waals surface area contributed by atoms with Gasteiger partial charge in [-0.05, 0) is 57.6 Å². The molecule has 0 saturated carbocycles. The summed E-state index contributed by atoms with van der Waals surface area (Å²) in [6, 6.07) is 0.330. The minimum absolute atomic E-state index is 0.102. The van der Waals surface area contributed by atoms with Gasteiger partial charge in [-0.2, -0.15) is 4.72 Å². The lowest BCUT2D eigenvalue weighted by atomic mass is 9.84. The molecule has 1 aliphatic rings. The van der Waals surface area contributed by atoms with Crippen molar-refractivity contribution in [2.45, 2.75) is 82.6 Å². The van der Waals surface area contributed by atoms with Crippen molar-refractivity contribution >= 4 is 16.0 Å². The Labute approximate surface area is 179 Å². The van der Waals surface area contributed by atoms with Crippen LogP contribution in [0.3, 0.4) is 0 Å². The third-order valence-corrected chi connectivity index (χ3v) is 7.15. The Bertz CT molecular complexity index is 907. The third-order valence-electron chi connectivity index (χ3n) is 5.50. The molecule has 2 atom stereocenters. The smallest absolute Gasteiger partial charge is 0.323 e. The summed E-state index contributed by atoms with van der Waals surface area (Å²) < 4.78 is 33.2. The summed E-state index contributed by atoms with van der Waals surface area (Å²) in [7, 11) is -3.06. The first-order valence-corrected chi connectivity index (χ1v) is 12.0. The first-order chi connectivity index (χ1) is 14.1. The number of phenols is 2. The fourth-order valence-corrected chi connectivity index (χ4v) is 5.53. The van der Waals surface area contributed by atoms with Crippen LogP contribution in [-0.4, -0.2) is 37.8 Å². The predicted octanol–water partition coefficient (Wildman–Crippen LogP) is 3.88. The maximum Gasteiger partial charge on any atom is 0.323 e. The van der Waals surface area contributed by atoms with Gasteiger partial charge in [-0.1, -0.05) is 31.4 Å². The molecule has 0 fully saturated rings. The van der Waals surface area contributed by atoms with Gasteiger partial charge in [0.1, 0.15) is 22.4 Å². The second kappa shape index (κ2) is 10.3. The van der Waals surface area contributed by atoms with Crippen LogP contribution in [0.5, 0.6) is 11.5 Å². The second-order valence-corrected chi connectivity index (χ2v) is 9.63. The zero-order valence-corrected chi connectivity index (χ0v) is 19.0. The fourth-order valence-electron chi connectivity index (χ4n) is 3.98. The molecular formula is C22H33NO6S. The molecule has 0 amide bonds. The summed E-state index contributed by atoms with van der Waals surface area (Å²) in [6.07, 6.45) is 7.44. The van der Waals surface area contributed by atoms with Crippen molar-refractivity contribution in [3.05, 3.63) is 28.8 Å². The van der Waals surface area contributed by atoms with Gasteiger partial charge in [0.25, 0.3) is 0 Å². The lowest BCUT2D eigenvalue weighted by Crippen LogP contribution is -2.39. The van der Waals surface area contributed by atoms with Crippen molar-refractivity contribution in [1.29, 1.82) is 0 Å². The number of unbranched alkanes of at least 4 members (excludes halogenated alkanes) is 2. The van der Waals surface area contributed by atoms with E-state index in [4.69, 9.17) is 0 Å². The maximum absolute atomic E-state index is 13.2. The molecule has 0 aliphatic heterocycles. The van der Waals surface area contributed by atoms with Gasteiger partial charge in [-0.3, -0.25) is 4.79 Å². The molecule has 0 saturated heterocycles. The van der Waals surface area contributed by atoms with Crippen LogP contribution in [0.4, 0.5) is 0 Å². The van der Waals surface area contributed by atoms with E-state index in [1.54, 1.807) is 0 Å². The van der Waals surface area contributed by atoms with Crippen molar-refractivity contribution in [2.75, 3.05) is 7.11 Å². The standard InChI is InChI=1S/C22H33NO6S/c1-5-6-7-10-17-13-18(24)19(16-11-8-9-14(2)12-16)20(25)21(17)30(27,28)23-15(3)22(26)29-4/h12-13,15-16,23-25H,5-11H2,1-4H3/t15-,16?/m0/s1. The Morgan fingerprint density at radius 3 is 2.63 bits per heavy atom. The summed E-state index contributed by atoms with van der Waals surface area (Å²) in [4.78, 5) is 11.5. The largest absolute Gasteiger partial charge is 0.507 e. The van der Waals surface area contributed by atoms with Crippen molar-refractivity contribution in [1.82, 2.24) is 4.72 Å². The summed E-state index contributed by atoms with van der Waals surface area (Å²) in [5.41, 5.74) is 1.70. The van der Waals surface area contributed by atoms with Crippen molar-refractivity contribution < 1.29 is 28.2 Å². The van der Waals surface area contributed by atoms with E-state index >= 15 is 0 Å². The number of benzene rings is 1. The summed E-state index contributed by atoms with van der Waals surface area (Å²) in [5.74, 6) is -1.54. The number of hydrogen-bond acceptors (Lipinski definition) is 6. The molecule has 0 bridgehead atoms. The number of ether oxygens (including phenoxy) is 1. The van der Waals surface area contributed by atoms with Crippen molar-refractivity contribution in [2.24, 2.45) is 0 Å². The molecule has 0 spiro atoms. The Balaban J connectivity index is 2.60. The topological polar surface area (TPSA) is 113 Å². The van der Waals surface area contributed by atoms with Gasteiger partial charge in [0, 0.05) is 11.5 Å². The fraction of sp³-hybridized carbons (Fsp3) is 0.591. The number of rotatable bonds is 9. The maximum atomic E-state index is 13.2. The van der Waals surface area contributed by atoms with Crippen molar-refractivity contribution in [3.8, 4) is 11.5 Å². The van der Waals surface area contributed by atoms with Crippen LogP contribution in [0.15, 0.2) is 22.6 Å². The number of aryl methyl sites for hydroxylation is 1. The first-order valence-electron chi connectivity index (χ1n) is 10.5. The molecule has 30 heavy (non-hydrogen) atoms. The zero-order chi connectivity index (χ0) is 22.5. The van der Waals surface area contributed by atoms with Crippen LogP contribution in [0, 0.1) is 0 Å².